The van der Waals surface area contributed by atoms with E-state index in [2.05, 4.69) is 10.1 Å². The topological polar surface area (TPSA) is 85.5 Å². The average Bonchev–Trinajstić information content (AvgIpc) is 2.99. The lowest BCUT2D eigenvalue weighted by molar-refractivity contribution is -0.00296. The number of aromatic nitrogens is 2. The number of benzene rings is 1. The van der Waals surface area contributed by atoms with Crippen LogP contribution in [0.25, 0.3) is 0 Å². The Morgan fingerprint density at radius 1 is 1.38 bits per heavy atom. The highest BCUT2D eigenvalue weighted by Gasteiger charge is 2.30. The molecule has 0 amide bonds. The van der Waals surface area contributed by atoms with Crippen molar-refractivity contribution in [3.63, 3.8) is 0 Å². The maximum atomic E-state index is 12.8. The molecule has 3 rings (SSSR count). The van der Waals surface area contributed by atoms with Gasteiger partial charge in [0.25, 0.3) is 5.89 Å². The third-order valence-electron chi connectivity index (χ3n) is 3.98. The van der Waals surface area contributed by atoms with Gasteiger partial charge < -0.3 is 9.26 Å². The zero-order chi connectivity index (χ0) is 17.2. The molecule has 1 aliphatic rings. The molecule has 2 heterocycles. The van der Waals surface area contributed by atoms with Gasteiger partial charge in [-0.2, -0.15) is 9.29 Å². The minimum absolute atomic E-state index is 0.175. The molecule has 1 aliphatic heterocycles. The van der Waals surface area contributed by atoms with Crippen LogP contribution in [0, 0.1) is 13.8 Å². The quantitative estimate of drug-likeness (QED) is 0.820. The van der Waals surface area contributed by atoms with Gasteiger partial charge in [-0.25, -0.2) is 8.42 Å². The molecule has 0 aliphatic carbocycles. The third-order valence-corrected chi connectivity index (χ3v) is 5.84. The molecular formula is C16H21N3O4S. The van der Waals surface area contributed by atoms with E-state index in [4.69, 9.17) is 9.26 Å². The summed E-state index contributed by atoms with van der Waals surface area (Å²) in [7, 11) is -3.49. The van der Waals surface area contributed by atoms with E-state index >= 15 is 0 Å². The highest BCUT2D eigenvalue weighted by molar-refractivity contribution is 7.89. The largest absolute Gasteiger partial charge is 0.367 e. The number of rotatable bonds is 5. The van der Waals surface area contributed by atoms with E-state index in [1.807, 2.05) is 13.0 Å². The Morgan fingerprint density at radius 3 is 2.92 bits per heavy atom. The van der Waals surface area contributed by atoms with Crippen LogP contribution < -0.4 is 0 Å². The second-order valence-corrected chi connectivity index (χ2v) is 7.93. The molecule has 1 saturated heterocycles. The van der Waals surface area contributed by atoms with Gasteiger partial charge in [-0.1, -0.05) is 17.3 Å². The second kappa shape index (κ2) is 7.00. The first kappa shape index (κ1) is 17.1. The zero-order valence-electron chi connectivity index (χ0n) is 13.8. The van der Waals surface area contributed by atoms with Gasteiger partial charge in [0.05, 0.1) is 11.0 Å². The summed E-state index contributed by atoms with van der Waals surface area (Å²) in [6.45, 7) is 4.67. The normalized spacial score (nSPS) is 19.5. The van der Waals surface area contributed by atoms with Crippen molar-refractivity contribution in [1.29, 1.82) is 0 Å². The van der Waals surface area contributed by atoms with Gasteiger partial charge in [-0.3, -0.25) is 0 Å². The fourth-order valence-corrected chi connectivity index (χ4v) is 4.39. The van der Waals surface area contributed by atoms with E-state index in [0.717, 1.165) is 18.4 Å². The highest BCUT2D eigenvalue weighted by atomic mass is 32.2. The van der Waals surface area contributed by atoms with Crippen LogP contribution in [0.15, 0.2) is 33.7 Å². The predicted octanol–water partition coefficient (Wildman–Crippen LogP) is 2.06. The van der Waals surface area contributed by atoms with Crippen molar-refractivity contribution in [3.05, 3.63) is 41.5 Å². The van der Waals surface area contributed by atoms with Crippen molar-refractivity contribution >= 4 is 10.0 Å². The van der Waals surface area contributed by atoms with E-state index in [0.29, 0.717) is 29.7 Å². The van der Waals surface area contributed by atoms with Gasteiger partial charge in [0.1, 0.15) is 6.61 Å². The predicted molar refractivity (Wildman–Crippen MR) is 86.8 cm³/mol. The SMILES string of the molecule is Cc1cccc(S(=O)(=O)N2CCCC(OCc3nc(C)no3)C2)c1. The first-order valence-corrected chi connectivity index (χ1v) is 9.37. The van der Waals surface area contributed by atoms with Crippen LogP contribution in [0.5, 0.6) is 0 Å². The van der Waals surface area contributed by atoms with Gasteiger partial charge in [0.15, 0.2) is 5.82 Å². The Kier molecular flexibility index (Phi) is 4.98. The fraction of sp³-hybridized carbons (Fsp3) is 0.500. The van der Waals surface area contributed by atoms with Gasteiger partial charge >= 0.3 is 0 Å². The lowest BCUT2D eigenvalue weighted by atomic mass is 10.1. The highest BCUT2D eigenvalue weighted by Crippen LogP contribution is 2.23. The van der Waals surface area contributed by atoms with Gasteiger partial charge in [0, 0.05) is 13.1 Å². The molecule has 1 fully saturated rings. The maximum Gasteiger partial charge on any atom is 0.252 e. The Morgan fingerprint density at radius 2 is 2.21 bits per heavy atom. The Hall–Kier alpha value is -1.77. The van der Waals surface area contributed by atoms with Crippen LogP contribution in [-0.2, 0) is 21.4 Å². The summed E-state index contributed by atoms with van der Waals surface area (Å²) in [6.07, 6.45) is 1.40. The molecule has 0 N–H and O–H groups in total. The first-order valence-electron chi connectivity index (χ1n) is 7.93. The summed E-state index contributed by atoms with van der Waals surface area (Å²) >= 11 is 0. The fourth-order valence-electron chi connectivity index (χ4n) is 2.77. The summed E-state index contributed by atoms with van der Waals surface area (Å²) in [5.74, 6) is 0.965. The molecule has 1 aromatic carbocycles. The van der Waals surface area contributed by atoms with Crippen LogP contribution >= 0.6 is 0 Å². The lowest BCUT2D eigenvalue weighted by Crippen LogP contribution is -2.43. The van der Waals surface area contributed by atoms with Crippen LogP contribution in [0.2, 0.25) is 0 Å². The number of hydrogen-bond donors (Lipinski definition) is 0. The van der Waals surface area contributed by atoms with E-state index in [1.54, 1.807) is 25.1 Å². The molecule has 0 radical (unpaired) electrons. The summed E-state index contributed by atoms with van der Waals surface area (Å²) in [5, 5.41) is 3.71. The Bertz CT molecular complexity index is 803. The lowest BCUT2D eigenvalue weighted by Gasteiger charge is -2.31. The molecule has 1 aromatic heterocycles. The molecule has 7 nitrogen and oxygen atoms in total. The van der Waals surface area contributed by atoms with Crippen LogP contribution in [0.1, 0.15) is 30.1 Å². The standard InChI is InChI=1S/C16H21N3O4S/c1-12-5-3-7-15(9-12)24(20,21)19-8-4-6-14(10-19)22-11-16-17-13(2)18-23-16/h3,5,7,9,14H,4,6,8,10-11H2,1-2H3. The molecular weight excluding hydrogens is 330 g/mol. The van der Waals surface area contributed by atoms with Crippen LogP contribution in [0.3, 0.4) is 0 Å². The first-order chi connectivity index (χ1) is 11.4. The molecule has 0 bridgehead atoms. The number of hydrogen-bond acceptors (Lipinski definition) is 6. The molecule has 0 spiro atoms. The van der Waals surface area contributed by atoms with Crippen molar-refractivity contribution in [3.8, 4) is 0 Å². The molecule has 130 valence electrons. The maximum absolute atomic E-state index is 12.8. The third kappa shape index (κ3) is 3.82. The van der Waals surface area contributed by atoms with Crippen molar-refractivity contribution in [1.82, 2.24) is 14.4 Å². The smallest absolute Gasteiger partial charge is 0.252 e. The number of nitrogens with zero attached hydrogens (tertiary/aromatic N) is 3. The van der Waals surface area contributed by atoms with Crippen molar-refractivity contribution in [2.75, 3.05) is 13.1 Å². The van der Waals surface area contributed by atoms with Crippen LogP contribution in [-0.4, -0.2) is 42.1 Å². The number of piperidine rings is 1. The molecule has 2 aromatic rings. The molecule has 1 unspecified atom stereocenters. The minimum atomic E-state index is -3.49. The van der Waals surface area contributed by atoms with Crippen molar-refractivity contribution in [2.24, 2.45) is 0 Å². The van der Waals surface area contributed by atoms with Crippen molar-refractivity contribution in [2.45, 2.75) is 44.3 Å². The average molecular weight is 351 g/mol. The number of sulfonamides is 1. The number of aryl methyl sites for hydroxylation is 2. The van der Waals surface area contributed by atoms with E-state index in [1.165, 1.54) is 4.31 Å². The summed E-state index contributed by atoms with van der Waals surface area (Å²) in [5.41, 5.74) is 0.924. The second-order valence-electron chi connectivity index (χ2n) is 5.99. The summed E-state index contributed by atoms with van der Waals surface area (Å²) < 4.78 is 37.9. The minimum Gasteiger partial charge on any atom is -0.367 e. The van der Waals surface area contributed by atoms with Gasteiger partial charge in [0.2, 0.25) is 10.0 Å². The van der Waals surface area contributed by atoms with E-state index in [9.17, 15) is 8.42 Å². The molecule has 1 atom stereocenters. The van der Waals surface area contributed by atoms with E-state index in [-0.39, 0.29) is 12.7 Å². The molecule has 8 heteroatoms. The van der Waals surface area contributed by atoms with E-state index < -0.39 is 10.0 Å². The number of ether oxygens (including phenoxy) is 1. The van der Waals surface area contributed by atoms with Crippen LogP contribution in [0.4, 0.5) is 0 Å². The summed E-state index contributed by atoms with van der Waals surface area (Å²) in [4.78, 5) is 4.41. The molecule has 24 heavy (non-hydrogen) atoms. The Balaban J connectivity index is 1.66. The summed E-state index contributed by atoms with van der Waals surface area (Å²) in [6, 6.07) is 6.97. The van der Waals surface area contributed by atoms with Gasteiger partial charge in [-0.15, -0.1) is 0 Å². The van der Waals surface area contributed by atoms with Gasteiger partial charge in [-0.05, 0) is 44.4 Å². The van der Waals surface area contributed by atoms with Crippen molar-refractivity contribution < 1.29 is 17.7 Å². The Labute approximate surface area is 141 Å². The molecule has 0 saturated carbocycles. The zero-order valence-corrected chi connectivity index (χ0v) is 14.6. The monoisotopic (exact) mass is 351 g/mol.